The van der Waals surface area contributed by atoms with Crippen LogP contribution >= 0.6 is 11.6 Å². The molecule has 6 rings (SSSR count). The zero-order valence-corrected chi connectivity index (χ0v) is 50.7. The lowest BCUT2D eigenvalue weighted by Crippen LogP contribution is -2.61. The standard InChI is InChI=1S/C58H91ClN4O18/c1-16-43-58(11,71)50(67)32(5)46(61-75-17-2)30(3)27-56(9,72-14)51(81-55-48(66)42(62(12)13)24-31(4)76-55)33(6)49(34(7)54(70)78-43)80-45-28-57(10,73-15)52(35(8)77-45)79-44(64)20-22-74-23-21-60-40-25-37-41(26-39(40)59)63(36-18-19-36)29-38(47(37)65)53(68)69/h25-26,29-36,42-43,45,48-52,55,60,66-67,71H,16-24,27-28H2,1-15H3,(H,68,69)/t30-,31-,32+,33+,34-,35+,42+,43-,45+,48-,49+,50-,51-,52+,55?,56-,57+,58-/m1/s1. The fourth-order valence-corrected chi connectivity index (χ4v) is 12.4. The third-order valence-corrected chi connectivity index (χ3v) is 17.4. The van der Waals surface area contributed by atoms with Crippen LogP contribution in [0.25, 0.3) is 10.9 Å². The Balaban J connectivity index is 1.21. The molecule has 4 heterocycles. The molecule has 1 aromatic carbocycles. The number of nitrogens with one attached hydrogen (secondary N) is 1. The van der Waals surface area contributed by atoms with E-state index in [0.29, 0.717) is 28.4 Å². The first-order valence-corrected chi connectivity index (χ1v) is 28.9. The third-order valence-electron chi connectivity index (χ3n) is 17.1. The molecule has 5 N–H and O–H groups in total. The number of esters is 2. The molecule has 22 nitrogen and oxygen atoms in total. The van der Waals surface area contributed by atoms with Crippen LogP contribution < -0.4 is 10.7 Å². The second-order valence-corrected chi connectivity index (χ2v) is 24.0. The molecule has 0 bridgehead atoms. The number of cyclic esters (lactones) is 1. The molecule has 1 saturated carbocycles. The van der Waals surface area contributed by atoms with Gasteiger partial charge in [0.2, 0.25) is 5.43 Å². The van der Waals surface area contributed by atoms with Gasteiger partial charge in [-0.25, -0.2) is 4.79 Å². The van der Waals surface area contributed by atoms with Crippen LogP contribution in [-0.2, 0) is 57.1 Å². The van der Waals surface area contributed by atoms with Crippen LogP contribution in [0, 0.1) is 23.7 Å². The SMILES string of the molecule is CCON=C1[C@H](C)C[C@@](C)(OC)[C@H](OC2O[C@H](C)C[C@H](N(C)C)[C@H]2O)[C@@H](C)[C@H](O[C@H]2C[C@](C)(OC)[C@@H](OC(=O)CCOCCNc3cc4c(=O)c(C(=O)O)cn(C5CC5)c4cc3Cl)[C@H](C)O2)[C@@H](C)C(=O)O[C@H](CC)[C@@](C)(O)[C@H](O)[C@H]1C. The average Bonchev–Trinajstić information content (AvgIpc) is 4.46. The summed E-state index contributed by atoms with van der Waals surface area (Å²) in [6, 6.07) is 2.98. The summed E-state index contributed by atoms with van der Waals surface area (Å²) in [5.74, 6) is -5.77. The van der Waals surface area contributed by atoms with Gasteiger partial charge in [0.1, 0.15) is 35.6 Å². The lowest BCUT2D eigenvalue weighted by atomic mass is 9.73. The molecule has 2 aromatic rings. The number of nitrogens with zero attached hydrogens (tertiary/aromatic N) is 3. The molecule has 1 aliphatic carbocycles. The van der Waals surface area contributed by atoms with Gasteiger partial charge in [-0.2, -0.15) is 0 Å². The summed E-state index contributed by atoms with van der Waals surface area (Å²) >= 11 is 6.63. The zero-order valence-electron chi connectivity index (χ0n) is 50.0. The maximum absolute atomic E-state index is 14.7. The van der Waals surface area contributed by atoms with Crippen molar-refractivity contribution in [3.05, 3.63) is 39.1 Å². The molecule has 18 atom stereocenters. The van der Waals surface area contributed by atoms with Gasteiger partial charge in [0.25, 0.3) is 0 Å². The number of ether oxygens (including phenoxy) is 9. The van der Waals surface area contributed by atoms with E-state index >= 15 is 0 Å². The third kappa shape index (κ3) is 15.1. The average molecular weight is 1170 g/mol. The molecule has 3 aliphatic heterocycles. The molecule has 0 spiro atoms. The van der Waals surface area contributed by atoms with Gasteiger partial charge >= 0.3 is 17.9 Å². The second kappa shape index (κ2) is 27.8. The number of halogens is 1. The van der Waals surface area contributed by atoms with E-state index in [4.69, 9.17) is 59.1 Å². The monoisotopic (exact) mass is 1170 g/mol. The number of aromatic carboxylic acids is 1. The van der Waals surface area contributed by atoms with E-state index in [0.717, 1.165) is 12.8 Å². The van der Waals surface area contributed by atoms with Gasteiger partial charge in [-0.05, 0) is 107 Å². The zero-order chi connectivity index (χ0) is 60.1. The minimum Gasteiger partial charge on any atom is -0.477 e. The van der Waals surface area contributed by atoms with Crippen LogP contribution in [0.15, 0.2) is 28.3 Å². The van der Waals surface area contributed by atoms with E-state index in [-0.39, 0.29) is 81.2 Å². The number of carboxylic acids is 1. The quantitative estimate of drug-likeness (QED) is 0.0550. The highest BCUT2D eigenvalue weighted by molar-refractivity contribution is 6.34. The maximum Gasteiger partial charge on any atom is 0.341 e. The number of rotatable bonds is 20. The molecule has 1 aromatic heterocycles. The first-order chi connectivity index (χ1) is 38.1. The molecular weight excluding hydrogens is 1080 g/mol. The first-order valence-electron chi connectivity index (χ1n) is 28.6. The maximum atomic E-state index is 14.7. The molecule has 4 fully saturated rings. The molecule has 0 radical (unpaired) electrons. The minimum atomic E-state index is -1.96. The number of benzene rings is 1. The van der Waals surface area contributed by atoms with Gasteiger partial charge in [0, 0.05) is 68.6 Å². The van der Waals surface area contributed by atoms with Gasteiger partial charge in [0.15, 0.2) is 18.7 Å². The number of aromatic nitrogens is 1. The Kier molecular flexibility index (Phi) is 22.7. The van der Waals surface area contributed by atoms with Crippen molar-refractivity contribution in [3.8, 4) is 0 Å². The number of carbonyl (C=O) groups is 3. The van der Waals surface area contributed by atoms with Crippen molar-refractivity contribution in [1.29, 1.82) is 0 Å². The van der Waals surface area contributed by atoms with Crippen LogP contribution in [0.4, 0.5) is 5.69 Å². The van der Waals surface area contributed by atoms with Crippen LogP contribution in [-0.4, -0.2) is 192 Å². The Hall–Kier alpha value is -4.04. The van der Waals surface area contributed by atoms with Gasteiger partial charge in [-0.1, -0.05) is 44.5 Å². The van der Waals surface area contributed by atoms with E-state index in [2.05, 4.69) is 10.5 Å². The second-order valence-electron chi connectivity index (χ2n) is 23.6. The van der Waals surface area contributed by atoms with Crippen molar-refractivity contribution < 1.29 is 82.3 Å². The summed E-state index contributed by atoms with van der Waals surface area (Å²) in [4.78, 5) is 60.9. The number of aliphatic hydroxyl groups is 3. The van der Waals surface area contributed by atoms with Crippen molar-refractivity contribution in [2.75, 3.05) is 60.0 Å². The summed E-state index contributed by atoms with van der Waals surface area (Å²) < 4.78 is 59.4. The number of methoxy groups -OCH3 is 2. The number of likely N-dealkylation sites (N-methyl/N-ethyl adjacent to an activating group) is 1. The van der Waals surface area contributed by atoms with Crippen molar-refractivity contribution in [2.45, 2.75) is 211 Å². The Morgan fingerprint density at radius 2 is 1.59 bits per heavy atom. The van der Waals surface area contributed by atoms with Crippen LogP contribution in [0.1, 0.15) is 138 Å². The van der Waals surface area contributed by atoms with Crippen LogP contribution in [0.5, 0.6) is 0 Å². The number of anilines is 1. The largest absolute Gasteiger partial charge is 0.477 e. The lowest BCUT2D eigenvalue weighted by molar-refractivity contribution is -0.320. The highest BCUT2D eigenvalue weighted by atomic mass is 35.5. The van der Waals surface area contributed by atoms with Crippen molar-refractivity contribution in [1.82, 2.24) is 9.47 Å². The Labute approximate surface area is 481 Å². The van der Waals surface area contributed by atoms with Gasteiger partial charge in [-0.15, -0.1) is 0 Å². The molecule has 1 unspecified atom stereocenters. The number of carboxylic acid groups (broad SMARTS) is 1. The van der Waals surface area contributed by atoms with E-state index in [1.807, 2.05) is 46.7 Å². The predicted octanol–water partition coefficient (Wildman–Crippen LogP) is 6.33. The number of aliphatic hydroxyl groups excluding tert-OH is 2. The number of hydrogen-bond donors (Lipinski definition) is 5. The fraction of sp³-hybridized carbons (Fsp3) is 0.776. The summed E-state index contributed by atoms with van der Waals surface area (Å²) in [6.07, 6.45) is -6.23. The number of fused-ring (bicyclic) bond motifs is 1. The summed E-state index contributed by atoms with van der Waals surface area (Å²) in [7, 11) is 6.80. The van der Waals surface area contributed by atoms with Crippen molar-refractivity contribution in [3.63, 3.8) is 0 Å². The lowest BCUT2D eigenvalue weighted by Gasteiger charge is -2.50. The molecule has 458 valence electrons. The Morgan fingerprint density at radius 3 is 2.20 bits per heavy atom. The van der Waals surface area contributed by atoms with Crippen LogP contribution in [0.2, 0.25) is 5.02 Å². The molecule has 4 aliphatic rings. The topological polar surface area (TPSA) is 274 Å². The highest BCUT2D eigenvalue weighted by Gasteiger charge is 2.55. The van der Waals surface area contributed by atoms with E-state index < -0.39 is 119 Å². The normalized spacial score (nSPS) is 37.0. The summed E-state index contributed by atoms with van der Waals surface area (Å²) in [5, 5.41) is 54.0. The fourth-order valence-electron chi connectivity index (χ4n) is 12.1. The molecule has 0 amide bonds. The van der Waals surface area contributed by atoms with E-state index in [1.54, 1.807) is 65.4 Å². The molecular formula is C58H91ClN4O18. The predicted molar refractivity (Wildman–Crippen MR) is 301 cm³/mol. The number of pyridine rings is 1. The van der Waals surface area contributed by atoms with E-state index in [1.165, 1.54) is 20.2 Å². The summed E-state index contributed by atoms with van der Waals surface area (Å²) in [6.45, 7) is 20.0. The Bertz CT molecular complexity index is 2560. The van der Waals surface area contributed by atoms with Crippen molar-refractivity contribution in [2.24, 2.45) is 28.8 Å². The van der Waals surface area contributed by atoms with Gasteiger partial charge in [0.05, 0.1) is 83.6 Å². The molecule has 81 heavy (non-hydrogen) atoms. The smallest absolute Gasteiger partial charge is 0.341 e. The van der Waals surface area contributed by atoms with Crippen LogP contribution in [0.3, 0.4) is 0 Å². The Morgan fingerprint density at radius 1 is 0.926 bits per heavy atom. The molecule has 23 heteroatoms. The number of oxime groups is 1. The van der Waals surface area contributed by atoms with Gasteiger partial charge in [-0.3, -0.25) is 14.4 Å². The minimum absolute atomic E-state index is 0.00202. The van der Waals surface area contributed by atoms with Crippen molar-refractivity contribution >= 4 is 51.8 Å². The van der Waals surface area contributed by atoms with Gasteiger partial charge < -0.3 is 82.7 Å². The number of carbonyl (C=O) groups excluding carboxylic acids is 2. The summed E-state index contributed by atoms with van der Waals surface area (Å²) in [5.41, 5.74) is -3.91. The molecule has 3 saturated heterocycles. The van der Waals surface area contributed by atoms with E-state index in [9.17, 15) is 39.6 Å². The highest BCUT2D eigenvalue weighted by Crippen LogP contribution is 2.43. The first kappa shape index (κ1) is 66.1. The number of hydrogen-bond acceptors (Lipinski definition) is 20.